The van der Waals surface area contributed by atoms with Gasteiger partial charge < -0.3 is 14.6 Å². The smallest absolute Gasteiger partial charge is 0.294 e. The maximum atomic E-state index is 13.1. The second-order valence-corrected chi connectivity index (χ2v) is 8.10. The number of aryl methyl sites for hydroxylation is 1. The van der Waals surface area contributed by atoms with Crippen LogP contribution in [0.5, 0.6) is 0 Å². The van der Waals surface area contributed by atoms with Crippen LogP contribution in [0.3, 0.4) is 0 Å². The van der Waals surface area contributed by atoms with Crippen LogP contribution in [0.15, 0.2) is 95.6 Å². The summed E-state index contributed by atoms with van der Waals surface area (Å²) in [4.78, 5) is 27.1. The number of carbonyl (C=O) groups is 2. The zero-order valence-electron chi connectivity index (χ0n) is 18.8. The van der Waals surface area contributed by atoms with Gasteiger partial charge in [0.05, 0.1) is 19.2 Å². The molecule has 2 amide bonds. The van der Waals surface area contributed by atoms with Crippen LogP contribution in [-0.4, -0.2) is 11.8 Å². The van der Waals surface area contributed by atoms with Gasteiger partial charge in [0.15, 0.2) is 5.76 Å². The maximum Gasteiger partial charge on any atom is 0.294 e. The molecular formula is C28H25FN2O3. The maximum absolute atomic E-state index is 13.1. The topological polar surface area (TPSA) is 62.6 Å². The van der Waals surface area contributed by atoms with Crippen molar-refractivity contribution >= 4 is 17.5 Å². The molecule has 1 aromatic heterocycles. The summed E-state index contributed by atoms with van der Waals surface area (Å²) < 4.78 is 18.3. The number of amides is 2. The second-order valence-electron chi connectivity index (χ2n) is 8.10. The van der Waals surface area contributed by atoms with Crippen LogP contribution < -0.4 is 10.2 Å². The highest BCUT2D eigenvalue weighted by molar-refractivity contribution is 6.04. The minimum atomic E-state index is -0.308. The van der Waals surface area contributed by atoms with E-state index in [1.807, 2.05) is 55.5 Å². The standard InChI is InChI=1S/C28H25FN2O3/c1-20-4-6-23(7-5-20)19-31(28(33)26-3-2-16-34-26)25-14-10-21(11-15-25)17-27(32)30-18-22-8-12-24(29)13-9-22/h2-16H,17-19H2,1H3,(H,30,32). The van der Waals surface area contributed by atoms with Crippen LogP contribution in [0.25, 0.3) is 0 Å². The Morgan fingerprint density at radius 3 is 2.15 bits per heavy atom. The Hall–Kier alpha value is -4.19. The fourth-order valence-corrected chi connectivity index (χ4v) is 3.53. The Kier molecular flexibility index (Phi) is 7.18. The van der Waals surface area contributed by atoms with Crippen LogP contribution in [0.2, 0.25) is 0 Å². The van der Waals surface area contributed by atoms with Gasteiger partial charge in [0.1, 0.15) is 5.82 Å². The van der Waals surface area contributed by atoms with Crippen molar-refractivity contribution in [2.75, 3.05) is 4.90 Å². The molecule has 0 saturated heterocycles. The first kappa shape index (κ1) is 23.0. The quantitative estimate of drug-likeness (QED) is 0.384. The second kappa shape index (κ2) is 10.6. The number of rotatable bonds is 8. The molecule has 5 nitrogen and oxygen atoms in total. The molecule has 0 aliphatic carbocycles. The van der Waals surface area contributed by atoms with E-state index >= 15 is 0 Å². The largest absolute Gasteiger partial charge is 0.459 e. The van der Waals surface area contributed by atoms with Gasteiger partial charge >= 0.3 is 0 Å². The molecule has 1 N–H and O–H groups in total. The molecule has 0 aliphatic rings. The number of halogens is 1. The summed E-state index contributed by atoms with van der Waals surface area (Å²) in [7, 11) is 0. The summed E-state index contributed by atoms with van der Waals surface area (Å²) in [6.07, 6.45) is 1.68. The van der Waals surface area contributed by atoms with Crippen molar-refractivity contribution in [2.24, 2.45) is 0 Å². The van der Waals surface area contributed by atoms with Gasteiger partial charge in [-0.25, -0.2) is 4.39 Å². The van der Waals surface area contributed by atoms with Crippen LogP contribution in [-0.2, 0) is 24.3 Å². The molecule has 0 bridgehead atoms. The first-order valence-electron chi connectivity index (χ1n) is 11.0. The monoisotopic (exact) mass is 456 g/mol. The van der Waals surface area contributed by atoms with Crippen LogP contribution >= 0.6 is 0 Å². The summed E-state index contributed by atoms with van der Waals surface area (Å²) >= 11 is 0. The van der Waals surface area contributed by atoms with Gasteiger partial charge in [0.2, 0.25) is 5.91 Å². The molecule has 0 atom stereocenters. The molecule has 172 valence electrons. The van der Waals surface area contributed by atoms with Crippen molar-refractivity contribution < 1.29 is 18.4 Å². The molecule has 0 radical (unpaired) electrons. The molecule has 0 aliphatic heterocycles. The summed E-state index contributed by atoms with van der Waals surface area (Å²) in [5.41, 5.74) is 4.50. The first-order chi connectivity index (χ1) is 16.5. The van der Waals surface area contributed by atoms with Gasteiger partial charge in [-0.3, -0.25) is 9.59 Å². The van der Waals surface area contributed by atoms with Crippen LogP contribution in [0.1, 0.15) is 32.8 Å². The molecule has 0 unspecified atom stereocenters. The van der Waals surface area contributed by atoms with E-state index in [9.17, 15) is 14.0 Å². The van der Waals surface area contributed by atoms with Crippen molar-refractivity contribution in [1.82, 2.24) is 5.32 Å². The van der Waals surface area contributed by atoms with E-state index in [2.05, 4.69) is 5.32 Å². The van der Waals surface area contributed by atoms with Gasteiger partial charge in [-0.15, -0.1) is 0 Å². The fourth-order valence-electron chi connectivity index (χ4n) is 3.53. The molecule has 0 spiro atoms. The molecule has 1 heterocycles. The van der Waals surface area contributed by atoms with E-state index in [0.29, 0.717) is 18.8 Å². The Balaban J connectivity index is 1.44. The normalized spacial score (nSPS) is 10.6. The minimum absolute atomic E-state index is 0.139. The van der Waals surface area contributed by atoms with Crippen LogP contribution in [0, 0.1) is 12.7 Å². The number of carbonyl (C=O) groups excluding carboxylic acids is 2. The predicted octanol–water partition coefficient (Wildman–Crippen LogP) is 5.43. The lowest BCUT2D eigenvalue weighted by Crippen LogP contribution is -2.30. The Labute approximate surface area is 197 Å². The fraction of sp³-hybridized carbons (Fsp3) is 0.143. The van der Waals surface area contributed by atoms with Gasteiger partial charge in [-0.05, 0) is 60.0 Å². The van der Waals surface area contributed by atoms with E-state index in [-0.39, 0.29) is 29.8 Å². The molecule has 4 aromatic rings. The Bertz CT molecular complexity index is 1230. The highest BCUT2D eigenvalue weighted by Crippen LogP contribution is 2.22. The lowest BCUT2D eigenvalue weighted by molar-refractivity contribution is -0.120. The average molecular weight is 457 g/mol. The number of hydrogen-bond donors (Lipinski definition) is 1. The molecule has 4 rings (SSSR count). The van der Waals surface area contributed by atoms with Crippen molar-refractivity contribution in [1.29, 1.82) is 0 Å². The van der Waals surface area contributed by atoms with Crippen molar-refractivity contribution in [3.8, 4) is 0 Å². The van der Waals surface area contributed by atoms with Gasteiger partial charge in [0.25, 0.3) is 5.91 Å². The van der Waals surface area contributed by atoms with Crippen molar-refractivity contribution in [3.63, 3.8) is 0 Å². The van der Waals surface area contributed by atoms with Crippen molar-refractivity contribution in [2.45, 2.75) is 26.4 Å². The number of nitrogens with one attached hydrogen (secondary N) is 1. The third kappa shape index (κ3) is 5.98. The highest BCUT2D eigenvalue weighted by Gasteiger charge is 2.20. The third-order valence-electron chi connectivity index (χ3n) is 5.45. The average Bonchev–Trinajstić information content (AvgIpc) is 3.39. The van der Waals surface area contributed by atoms with E-state index < -0.39 is 0 Å². The van der Waals surface area contributed by atoms with E-state index in [0.717, 1.165) is 22.3 Å². The number of furan rings is 1. The van der Waals surface area contributed by atoms with Gasteiger partial charge in [-0.1, -0.05) is 54.1 Å². The molecule has 0 saturated carbocycles. The minimum Gasteiger partial charge on any atom is -0.459 e. The SMILES string of the molecule is Cc1ccc(CN(C(=O)c2ccco2)c2ccc(CC(=O)NCc3ccc(F)cc3)cc2)cc1. The zero-order chi connectivity index (χ0) is 23.9. The Morgan fingerprint density at radius 1 is 0.853 bits per heavy atom. The number of benzene rings is 3. The summed E-state index contributed by atoms with van der Waals surface area (Å²) in [6.45, 7) is 2.74. The van der Waals surface area contributed by atoms with E-state index in [1.165, 1.54) is 18.4 Å². The Morgan fingerprint density at radius 2 is 1.50 bits per heavy atom. The summed E-state index contributed by atoms with van der Waals surface area (Å²) in [6, 6.07) is 24.7. The summed E-state index contributed by atoms with van der Waals surface area (Å²) in [5, 5.41) is 2.84. The molecule has 6 heteroatoms. The van der Waals surface area contributed by atoms with Crippen molar-refractivity contribution in [3.05, 3.63) is 125 Å². The van der Waals surface area contributed by atoms with Gasteiger partial charge in [0, 0.05) is 12.2 Å². The lowest BCUT2D eigenvalue weighted by atomic mass is 10.1. The number of hydrogen-bond acceptors (Lipinski definition) is 3. The van der Waals surface area contributed by atoms with E-state index in [1.54, 1.807) is 29.2 Å². The lowest BCUT2D eigenvalue weighted by Gasteiger charge is -2.22. The molecule has 0 fully saturated rings. The van der Waals surface area contributed by atoms with Gasteiger partial charge in [-0.2, -0.15) is 0 Å². The number of nitrogens with zero attached hydrogens (tertiary/aromatic N) is 1. The molecule has 34 heavy (non-hydrogen) atoms. The highest BCUT2D eigenvalue weighted by atomic mass is 19.1. The third-order valence-corrected chi connectivity index (χ3v) is 5.45. The molecular weight excluding hydrogens is 431 g/mol. The zero-order valence-corrected chi connectivity index (χ0v) is 18.8. The van der Waals surface area contributed by atoms with Crippen LogP contribution in [0.4, 0.5) is 10.1 Å². The summed E-state index contributed by atoms with van der Waals surface area (Å²) in [5.74, 6) is -0.427. The van der Waals surface area contributed by atoms with E-state index in [4.69, 9.17) is 4.42 Å². The predicted molar refractivity (Wildman–Crippen MR) is 129 cm³/mol. The molecule has 3 aromatic carbocycles. The number of anilines is 1. The first-order valence-corrected chi connectivity index (χ1v) is 11.0.